The van der Waals surface area contributed by atoms with E-state index in [2.05, 4.69) is 23.3 Å². The molecule has 1 heterocycles. The normalized spacial score (nSPS) is 20.7. The number of nitrogens with one attached hydrogen (secondary N) is 1. The molecule has 1 atom stereocenters. The van der Waals surface area contributed by atoms with Gasteiger partial charge in [0, 0.05) is 6.54 Å². The highest BCUT2D eigenvalue weighted by atomic mass is 32.2. The predicted molar refractivity (Wildman–Crippen MR) is 77.5 cm³/mol. The van der Waals surface area contributed by atoms with Gasteiger partial charge in [0.1, 0.15) is 9.77 Å². The summed E-state index contributed by atoms with van der Waals surface area (Å²) < 4.78 is 32.0. The van der Waals surface area contributed by atoms with Crippen molar-refractivity contribution in [3.05, 3.63) is 15.8 Å². The van der Waals surface area contributed by atoms with Crippen molar-refractivity contribution >= 4 is 27.3 Å². The fourth-order valence-corrected chi connectivity index (χ4v) is 4.99. The van der Waals surface area contributed by atoms with Crippen LogP contribution in [0.4, 0.5) is 0 Å². The Bertz CT molecular complexity index is 631. The minimum absolute atomic E-state index is 0.0489. The van der Waals surface area contributed by atoms with E-state index in [0.717, 1.165) is 17.8 Å². The first kappa shape index (κ1) is 15.5. The third-order valence-corrected chi connectivity index (χ3v) is 6.61. The molecule has 1 aromatic rings. The van der Waals surface area contributed by atoms with Crippen molar-refractivity contribution in [2.45, 2.75) is 32.1 Å². The van der Waals surface area contributed by atoms with E-state index in [1.54, 1.807) is 12.3 Å². The molecule has 112 valence electrons. The molecule has 0 radical (unpaired) electrons. The number of aryl methyl sites for hydroxylation is 1. The lowest BCUT2D eigenvalue weighted by molar-refractivity contribution is 0.0602. The van der Waals surface area contributed by atoms with Crippen LogP contribution in [0.25, 0.3) is 0 Å². The van der Waals surface area contributed by atoms with Gasteiger partial charge in [-0.3, -0.25) is 0 Å². The molecule has 0 aromatic carbocycles. The molecule has 5 nitrogen and oxygen atoms in total. The SMILES string of the molecule is COC(=O)c1scc(C)c1S(=O)(=O)NCC1CC1(C)C. The molecule has 2 rings (SSSR count). The van der Waals surface area contributed by atoms with E-state index in [0.29, 0.717) is 18.0 Å². The van der Waals surface area contributed by atoms with Gasteiger partial charge in [0.15, 0.2) is 0 Å². The summed E-state index contributed by atoms with van der Waals surface area (Å²) in [6.07, 6.45) is 1.02. The van der Waals surface area contributed by atoms with Gasteiger partial charge >= 0.3 is 5.97 Å². The zero-order valence-electron chi connectivity index (χ0n) is 12.0. The van der Waals surface area contributed by atoms with Gasteiger partial charge < -0.3 is 4.74 Å². The van der Waals surface area contributed by atoms with Gasteiger partial charge in [-0.25, -0.2) is 17.9 Å². The summed E-state index contributed by atoms with van der Waals surface area (Å²) in [5.74, 6) is -0.256. The van der Waals surface area contributed by atoms with E-state index in [1.807, 2.05) is 0 Å². The third kappa shape index (κ3) is 2.89. The van der Waals surface area contributed by atoms with Crippen molar-refractivity contribution in [3.63, 3.8) is 0 Å². The summed E-state index contributed by atoms with van der Waals surface area (Å²) in [5, 5.41) is 1.65. The molecule has 0 aliphatic heterocycles. The maximum atomic E-state index is 12.4. The van der Waals surface area contributed by atoms with Gasteiger partial charge in [-0.2, -0.15) is 0 Å². The molecule has 1 fully saturated rings. The highest BCUT2D eigenvalue weighted by molar-refractivity contribution is 7.89. The van der Waals surface area contributed by atoms with E-state index in [9.17, 15) is 13.2 Å². The number of hydrogen-bond donors (Lipinski definition) is 1. The third-order valence-electron chi connectivity index (χ3n) is 3.79. The Labute approximate surface area is 123 Å². The molecular formula is C13H19NO4S2. The van der Waals surface area contributed by atoms with Gasteiger partial charge in [-0.15, -0.1) is 11.3 Å². The fourth-order valence-electron chi connectivity index (χ4n) is 2.21. The zero-order valence-corrected chi connectivity index (χ0v) is 13.7. The Morgan fingerprint density at radius 1 is 1.55 bits per heavy atom. The van der Waals surface area contributed by atoms with Crippen LogP contribution in [0.5, 0.6) is 0 Å². The first-order valence-electron chi connectivity index (χ1n) is 6.35. The van der Waals surface area contributed by atoms with Crippen molar-refractivity contribution in [1.29, 1.82) is 0 Å². The van der Waals surface area contributed by atoms with E-state index < -0.39 is 16.0 Å². The highest BCUT2D eigenvalue weighted by Crippen LogP contribution is 2.51. The van der Waals surface area contributed by atoms with Crippen LogP contribution in [0.15, 0.2) is 10.3 Å². The summed E-state index contributed by atoms with van der Waals surface area (Å²) in [6, 6.07) is 0. The van der Waals surface area contributed by atoms with Gasteiger partial charge in [0.2, 0.25) is 10.0 Å². The monoisotopic (exact) mass is 317 g/mol. The maximum Gasteiger partial charge on any atom is 0.349 e. The van der Waals surface area contributed by atoms with Crippen molar-refractivity contribution in [3.8, 4) is 0 Å². The van der Waals surface area contributed by atoms with E-state index in [1.165, 1.54) is 7.11 Å². The summed E-state index contributed by atoms with van der Waals surface area (Å²) in [4.78, 5) is 11.8. The maximum absolute atomic E-state index is 12.4. The van der Waals surface area contributed by atoms with E-state index in [-0.39, 0.29) is 15.2 Å². The van der Waals surface area contributed by atoms with Crippen LogP contribution in [0, 0.1) is 18.3 Å². The van der Waals surface area contributed by atoms with E-state index >= 15 is 0 Å². The van der Waals surface area contributed by atoms with Gasteiger partial charge in [-0.05, 0) is 35.6 Å². The van der Waals surface area contributed by atoms with Gasteiger partial charge in [0.25, 0.3) is 0 Å². The second kappa shape index (κ2) is 5.13. The molecule has 1 N–H and O–H groups in total. The number of thiophene rings is 1. The standard InChI is InChI=1S/C13H19NO4S2/c1-8-7-19-10(12(15)18-4)11(8)20(16,17)14-6-9-5-13(9,2)3/h7,9,14H,5-6H2,1-4H3. The molecule has 7 heteroatoms. The Kier molecular flexibility index (Phi) is 3.96. The summed E-state index contributed by atoms with van der Waals surface area (Å²) >= 11 is 1.09. The number of methoxy groups -OCH3 is 1. The fraction of sp³-hybridized carbons (Fsp3) is 0.615. The average Bonchev–Trinajstić information content (AvgIpc) is 2.78. The lowest BCUT2D eigenvalue weighted by Gasteiger charge is -2.09. The first-order valence-corrected chi connectivity index (χ1v) is 8.71. The zero-order chi connectivity index (χ0) is 15.1. The molecule has 1 aliphatic carbocycles. The Hall–Kier alpha value is -0.920. The van der Waals surface area contributed by atoms with E-state index in [4.69, 9.17) is 0 Å². The Balaban J connectivity index is 2.21. The second-order valence-electron chi connectivity index (χ2n) is 5.81. The number of carbonyl (C=O) groups is 1. The van der Waals surface area contributed by atoms with Crippen LogP contribution in [-0.2, 0) is 14.8 Å². The van der Waals surface area contributed by atoms with Gasteiger partial charge in [0.05, 0.1) is 7.11 Å². The summed E-state index contributed by atoms with van der Waals surface area (Å²) in [5.41, 5.74) is 0.773. The topological polar surface area (TPSA) is 72.5 Å². The van der Waals surface area contributed by atoms with Crippen molar-refractivity contribution in [2.24, 2.45) is 11.3 Å². The number of ether oxygens (including phenoxy) is 1. The Morgan fingerprint density at radius 2 is 2.15 bits per heavy atom. The predicted octanol–water partition coefficient (Wildman–Crippen LogP) is 2.17. The molecule has 0 spiro atoms. The summed E-state index contributed by atoms with van der Waals surface area (Å²) in [7, 11) is -2.44. The number of esters is 1. The lowest BCUT2D eigenvalue weighted by atomic mass is 10.1. The number of carbonyl (C=O) groups excluding carboxylic acids is 1. The number of rotatable bonds is 5. The first-order chi connectivity index (χ1) is 9.19. The molecule has 1 saturated carbocycles. The molecule has 0 bridgehead atoms. The Morgan fingerprint density at radius 3 is 2.65 bits per heavy atom. The second-order valence-corrected chi connectivity index (χ2v) is 8.39. The quantitative estimate of drug-likeness (QED) is 0.845. The van der Waals surface area contributed by atoms with Crippen LogP contribution in [-0.4, -0.2) is 28.0 Å². The largest absolute Gasteiger partial charge is 0.465 e. The molecule has 1 aromatic heterocycles. The molecule has 1 unspecified atom stereocenters. The van der Waals surface area contributed by atoms with Crippen molar-refractivity contribution < 1.29 is 17.9 Å². The molecule has 20 heavy (non-hydrogen) atoms. The number of hydrogen-bond acceptors (Lipinski definition) is 5. The molecule has 0 saturated heterocycles. The molecule has 0 amide bonds. The van der Waals surface area contributed by atoms with Gasteiger partial charge in [-0.1, -0.05) is 13.8 Å². The highest BCUT2D eigenvalue weighted by Gasteiger charge is 2.45. The van der Waals surface area contributed by atoms with Crippen LogP contribution < -0.4 is 4.72 Å². The van der Waals surface area contributed by atoms with Crippen molar-refractivity contribution in [1.82, 2.24) is 4.72 Å². The lowest BCUT2D eigenvalue weighted by Crippen LogP contribution is -2.28. The van der Waals surface area contributed by atoms with Crippen molar-refractivity contribution in [2.75, 3.05) is 13.7 Å². The smallest absolute Gasteiger partial charge is 0.349 e. The summed E-state index contributed by atoms with van der Waals surface area (Å²) in [6.45, 7) is 6.31. The molecular weight excluding hydrogens is 298 g/mol. The minimum Gasteiger partial charge on any atom is -0.465 e. The van der Waals surface area contributed by atoms with Crippen LogP contribution in [0.3, 0.4) is 0 Å². The van der Waals surface area contributed by atoms with Crippen LogP contribution in [0.1, 0.15) is 35.5 Å². The number of sulfonamides is 1. The van der Waals surface area contributed by atoms with Crippen LogP contribution >= 0.6 is 11.3 Å². The average molecular weight is 317 g/mol. The van der Waals surface area contributed by atoms with Crippen LogP contribution in [0.2, 0.25) is 0 Å². The minimum atomic E-state index is -3.68. The molecule has 1 aliphatic rings.